The van der Waals surface area contributed by atoms with Gasteiger partial charge in [0.1, 0.15) is 18.1 Å². The lowest BCUT2D eigenvalue weighted by Crippen LogP contribution is -2.10. The zero-order chi connectivity index (χ0) is 14.7. The van der Waals surface area contributed by atoms with Crippen LogP contribution in [0, 0.1) is 6.92 Å². The summed E-state index contributed by atoms with van der Waals surface area (Å²) in [5.41, 5.74) is 6.06. The van der Waals surface area contributed by atoms with Gasteiger partial charge in [-0.05, 0) is 37.3 Å². The Bertz CT molecular complexity index is 642. The molecule has 0 fully saturated rings. The van der Waals surface area contributed by atoms with Crippen LogP contribution in [-0.4, -0.2) is 17.0 Å². The molecule has 1 heterocycles. The maximum atomic E-state index is 10.9. The van der Waals surface area contributed by atoms with Gasteiger partial charge in [-0.15, -0.1) is 0 Å². The molecule has 0 aliphatic heterocycles. The third-order valence-corrected chi connectivity index (χ3v) is 2.68. The molecule has 6 nitrogen and oxygen atoms in total. The SMILES string of the molecule is Cc1cc(COc2ccc(C(N)=O)cc2)oc1C(=O)O. The maximum absolute atomic E-state index is 10.9. The van der Waals surface area contributed by atoms with Gasteiger partial charge in [0.05, 0.1) is 0 Å². The highest BCUT2D eigenvalue weighted by atomic mass is 16.5. The largest absolute Gasteiger partial charge is 0.486 e. The summed E-state index contributed by atoms with van der Waals surface area (Å²) in [7, 11) is 0. The number of hydrogen-bond acceptors (Lipinski definition) is 4. The number of ether oxygens (including phenoxy) is 1. The number of rotatable bonds is 5. The second kappa shape index (κ2) is 5.48. The first-order valence-corrected chi connectivity index (χ1v) is 5.82. The standard InChI is InChI=1S/C14H13NO5/c1-8-6-11(20-12(8)14(17)18)7-19-10-4-2-9(3-5-10)13(15)16/h2-6H,7H2,1H3,(H2,15,16)(H,17,18). The zero-order valence-corrected chi connectivity index (χ0v) is 10.8. The van der Waals surface area contributed by atoms with Crippen LogP contribution >= 0.6 is 0 Å². The van der Waals surface area contributed by atoms with Crippen molar-refractivity contribution in [3.05, 3.63) is 53.0 Å². The van der Waals surface area contributed by atoms with Crippen LogP contribution in [0.2, 0.25) is 0 Å². The molecule has 1 aromatic carbocycles. The van der Waals surface area contributed by atoms with Crippen molar-refractivity contribution in [2.45, 2.75) is 13.5 Å². The molecule has 3 N–H and O–H groups in total. The van der Waals surface area contributed by atoms with E-state index in [2.05, 4.69) is 0 Å². The summed E-state index contributed by atoms with van der Waals surface area (Å²) in [6.07, 6.45) is 0. The predicted molar refractivity (Wildman–Crippen MR) is 69.7 cm³/mol. The highest BCUT2D eigenvalue weighted by molar-refractivity contribution is 5.92. The minimum Gasteiger partial charge on any atom is -0.486 e. The van der Waals surface area contributed by atoms with Crippen molar-refractivity contribution in [1.82, 2.24) is 0 Å². The monoisotopic (exact) mass is 275 g/mol. The van der Waals surface area contributed by atoms with Crippen molar-refractivity contribution in [2.24, 2.45) is 5.73 Å². The lowest BCUT2D eigenvalue weighted by Gasteiger charge is -2.04. The van der Waals surface area contributed by atoms with Gasteiger partial charge in [0.25, 0.3) is 0 Å². The van der Waals surface area contributed by atoms with Crippen molar-refractivity contribution < 1.29 is 23.8 Å². The summed E-state index contributed by atoms with van der Waals surface area (Å²) >= 11 is 0. The number of benzene rings is 1. The molecule has 6 heteroatoms. The number of hydrogen-bond donors (Lipinski definition) is 2. The number of aryl methyl sites for hydroxylation is 1. The first-order valence-electron chi connectivity index (χ1n) is 5.82. The van der Waals surface area contributed by atoms with E-state index >= 15 is 0 Å². The molecule has 0 saturated carbocycles. The normalized spacial score (nSPS) is 10.2. The smallest absolute Gasteiger partial charge is 0.372 e. The van der Waals surface area contributed by atoms with Crippen LogP contribution in [0.25, 0.3) is 0 Å². The number of primary amides is 1. The van der Waals surface area contributed by atoms with Crippen molar-refractivity contribution >= 4 is 11.9 Å². The Morgan fingerprint density at radius 3 is 2.45 bits per heavy atom. The molecule has 2 aromatic rings. The van der Waals surface area contributed by atoms with Gasteiger partial charge in [-0.2, -0.15) is 0 Å². The summed E-state index contributed by atoms with van der Waals surface area (Å²) in [4.78, 5) is 21.7. The number of nitrogens with two attached hydrogens (primary N) is 1. The van der Waals surface area contributed by atoms with Gasteiger partial charge < -0.3 is 20.0 Å². The average Bonchev–Trinajstić information content (AvgIpc) is 2.78. The van der Waals surface area contributed by atoms with Crippen molar-refractivity contribution in [3.63, 3.8) is 0 Å². The number of amides is 1. The molecule has 1 amide bonds. The molecule has 0 bridgehead atoms. The number of carboxylic acids is 1. The minimum absolute atomic E-state index is 0.0901. The molecule has 0 aliphatic carbocycles. The summed E-state index contributed by atoms with van der Waals surface area (Å²) in [5, 5.41) is 8.87. The van der Waals surface area contributed by atoms with Gasteiger partial charge in [-0.25, -0.2) is 4.79 Å². The lowest BCUT2D eigenvalue weighted by molar-refractivity contribution is 0.0657. The van der Waals surface area contributed by atoms with E-state index in [1.807, 2.05) is 0 Å². The van der Waals surface area contributed by atoms with E-state index in [9.17, 15) is 9.59 Å². The Kier molecular flexibility index (Phi) is 3.74. The van der Waals surface area contributed by atoms with Gasteiger partial charge in [-0.1, -0.05) is 0 Å². The highest BCUT2D eigenvalue weighted by Crippen LogP contribution is 2.18. The van der Waals surface area contributed by atoms with Crippen LogP contribution in [0.1, 0.15) is 32.2 Å². The maximum Gasteiger partial charge on any atom is 0.372 e. The third kappa shape index (κ3) is 2.97. The molecule has 0 radical (unpaired) electrons. The molecule has 2 rings (SSSR count). The average molecular weight is 275 g/mol. The van der Waals surface area contributed by atoms with E-state index in [4.69, 9.17) is 20.0 Å². The van der Waals surface area contributed by atoms with Crippen molar-refractivity contribution in [2.75, 3.05) is 0 Å². The number of carbonyl (C=O) groups excluding carboxylic acids is 1. The van der Waals surface area contributed by atoms with E-state index < -0.39 is 11.9 Å². The number of carboxylic acid groups (broad SMARTS) is 1. The van der Waals surface area contributed by atoms with Crippen LogP contribution in [0.4, 0.5) is 0 Å². The molecular formula is C14H13NO5. The van der Waals surface area contributed by atoms with E-state index in [1.54, 1.807) is 37.3 Å². The first-order chi connectivity index (χ1) is 9.47. The van der Waals surface area contributed by atoms with Gasteiger partial charge in [0.2, 0.25) is 11.7 Å². The van der Waals surface area contributed by atoms with Crippen LogP contribution < -0.4 is 10.5 Å². The second-order valence-electron chi connectivity index (χ2n) is 4.21. The Balaban J connectivity index is 2.03. The topological polar surface area (TPSA) is 103 Å². The second-order valence-corrected chi connectivity index (χ2v) is 4.21. The summed E-state index contributed by atoms with van der Waals surface area (Å²) < 4.78 is 10.6. The molecule has 20 heavy (non-hydrogen) atoms. The fourth-order valence-electron chi connectivity index (χ4n) is 1.70. The minimum atomic E-state index is -1.11. The van der Waals surface area contributed by atoms with E-state index in [0.717, 1.165) is 0 Å². The Morgan fingerprint density at radius 1 is 1.30 bits per heavy atom. The molecule has 104 valence electrons. The summed E-state index contributed by atoms with van der Waals surface area (Å²) in [5.74, 6) is -0.767. The highest BCUT2D eigenvalue weighted by Gasteiger charge is 2.14. The number of furan rings is 1. The van der Waals surface area contributed by atoms with E-state index in [1.165, 1.54) is 0 Å². The van der Waals surface area contributed by atoms with Gasteiger partial charge in [0.15, 0.2) is 0 Å². The summed E-state index contributed by atoms with van der Waals surface area (Å²) in [6, 6.07) is 7.92. The van der Waals surface area contributed by atoms with Crippen molar-refractivity contribution in [1.29, 1.82) is 0 Å². The molecule has 1 aromatic heterocycles. The Hall–Kier alpha value is -2.76. The zero-order valence-electron chi connectivity index (χ0n) is 10.8. The van der Waals surface area contributed by atoms with E-state index in [-0.39, 0.29) is 12.4 Å². The number of carbonyl (C=O) groups is 2. The molecular weight excluding hydrogens is 262 g/mol. The first kappa shape index (κ1) is 13.7. The van der Waals surface area contributed by atoms with Crippen LogP contribution in [-0.2, 0) is 6.61 Å². The lowest BCUT2D eigenvalue weighted by atomic mass is 10.2. The van der Waals surface area contributed by atoms with E-state index in [0.29, 0.717) is 22.6 Å². The number of aromatic carboxylic acids is 1. The Labute approximate surface area is 114 Å². The van der Waals surface area contributed by atoms with Crippen LogP contribution in [0.5, 0.6) is 5.75 Å². The van der Waals surface area contributed by atoms with Crippen LogP contribution in [0.3, 0.4) is 0 Å². The molecule has 0 unspecified atom stereocenters. The fraction of sp³-hybridized carbons (Fsp3) is 0.143. The quantitative estimate of drug-likeness (QED) is 0.868. The summed E-state index contributed by atoms with van der Waals surface area (Å²) in [6.45, 7) is 1.75. The predicted octanol–water partition coefficient (Wildman–Crippen LogP) is 1.96. The van der Waals surface area contributed by atoms with Gasteiger partial charge in [-0.3, -0.25) is 4.79 Å². The van der Waals surface area contributed by atoms with Crippen molar-refractivity contribution in [3.8, 4) is 5.75 Å². The molecule has 0 aliphatic rings. The van der Waals surface area contributed by atoms with Gasteiger partial charge >= 0.3 is 5.97 Å². The van der Waals surface area contributed by atoms with Crippen LogP contribution in [0.15, 0.2) is 34.7 Å². The van der Waals surface area contributed by atoms with Gasteiger partial charge in [0, 0.05) is 11.1 Å². The fourth-order valence-corrected chi connectivity index (χ4v) is 1.70. The molecule has 0 atom stereocenters. The molecule has 0 saturated heterocycles. The Morgan fingerprint density at radius 2 is 1.95 bits per heavy atom. The third-order valence-electron chi connectivity index (χ3n) is 2.68. The molecule has 0 spiro atoms.